The van der Waals surface area contributed by atoms with Gasteiger partial charge in [0.25, 0.3) is 0 Å². The van der Waals surface area contributed by atoms with Crippen LogP contribution in [0.3, 0.4) is 0 Å². The third-order valence-corrected chi connectivity index (χ3v) is 5.32. The maximum absolute atomic E-state index is 12.1. The van der Waals surface area contributed by atoms with Crippen molar-refractivity contribution >= 4 is 23.3 Å². The lowest BCUT2D eigenvalue weighted by Crippen LogP contribution is -2.28. The van der Waals surface area contributed by atoms with E-state index in [1.807, 2.05) is 18.2 Å². The Hall–Kier alpha value is -4.15. The second-order valence-electron chi connectivity index (χ2n) is 7.60. The quantitative estimate of drug-likeness (QED) is 0.254. The number of nitro groups is 1. The number of rotatable bonds is 11. The summed E-state index contributed by atoms with van der Waals surface area (Å²) in [7, 11) is 0. The Balaban J connectivity index is 1.58. The monoisotopic (exact) mass is 467 g/mol. The molecule has 1 N–H and O–H groups in total. The summed E-state index contributed by atoms with van der Waals surface area (Å²) in [4.78, 5) is 33.4. The molecule has 0 aliphatic carbocycles. The molecule has 0 atom stereocenters. The van der Waals surface area contributed by atoms with Crippen molar-refractivity contribution in [2.24, 2.45) is 0 Å². The van der Waals surface area contributed by atoms with E-state index in [0.717, 1.165) is 23.3 Å². The summed E-state index contributed by atoms with van der Waals surface area (Å²) in [6, 6.07) is 9.31. The van der Waals surface area contributed by atoms with Crippen molar-refractivity contribution in [3.63, 3.8) is 0 Å². The highest BCUT2D eigenvalue weighted by Gasteiger charge is 2.28. The van der Waals surface area contributed by atoms with Crippen LogP contribution in [0.5, 0.6) is 5.75 Å². The van der Waals surface area contributed by atoms with E-state index >= 15 is 0 Å². The van der Waals surface area contributed by atoms with Gasteiger partial charge in [0.15, 0.2) is 0 Å². The topological polar surface area (TPSA) is 133 Å². The first kappa shape index (κ1) is 23.0. The first-order chi connectivity index (χ1) is 16.5. The Kier molecular flexibility index (Phi) is 7.21. The fourth-order valence-corrected chi connectivity index (χ4v) is 3.74. The lowest BCUT2D eigenvalue weighted by atomic mass is 10.1. The third kappa shape index (κ3) is 5.42. The number of fused-ring (bicyclic) bond motifs is 1. The molecule has 0 amide bonds. The number of nitrogens with one attached hydrogen (secondary N) is 1. The van der Waals surface area contributed by atoms with Gasteiger partial charge in [0, 0.05) is 19.5 Å². The van der Waals surface area contributed by atoms with Gasteiger partial charge in [0.2, 0.25) is 11.6 Å². The largest absolute Gasteiger partial charge is 0.493 e. The number of esters is 1. The van der Waals surface area contributed by atoms with Crippen LogP contribution < -0.4 is 15.0 Å². The average molecular weight is 467 g/mol. The number of carbonyl (C=O) groups excluding carboxylic acids is 1. The number of anilines is 2. The van der Waals surface area contributed by atoms with Gasteiger partial charge in [-0.15, -0.1) is 0 Å². The predicted molar refractivity (Wildman–Crippen MR) is 123 cm³/mol. The Morgan fingerprint density at radius 1 is 1.32 bits per heavy atom. The van der Waals surface area contributed by atoms with E-state index in [0.29, 0.717) is 18.9 Å². The van der Waals surface area contributed by atoms with Gasteiger partial charge < -0.3 is 24.1 Å². The predicted octanol–water partition coefficient (Wildman–Crippen LogP) is 3.48. The molecule has 3 heterocycles. The van der Waals surface area contributed by atoms with Crippen molar-refractivity contribution in [2.45, 2.75) is 32.9 Å². The molecule has 11 heteroatoms. The number of benzene rings is 1. The molecule has 11 nitrogen and oxygen atoms in total. The first-order valence-electron chi connectivity index (χ1n) is 11.0. The van der Waals surface area contributed by atoms with Crippen LogP contribution >= 0.6 is 0 Å². The van der Waals surface area contributed by atoms with E-state index in [2.05, 4.69) is 15.3 Å². The minimum Gasteiger partial charge on any atom is -0.493 e. The van der Waals surface area contributed by atoms with Gasteiger partial charge in [-0.1, -0.05) is 12.1 Å². The van der Waals surface area contributed by atoms with Gasteiger partial charge in [0.05, 0.1) is 37.4 Å². The van der Waals surface area contributed by atoms with E-state index in [1.165, 1.54) is 12.6 Å². The van der Waals surface area contributed by atoms with E-state index in [1.54, 1.807) is 24.0 Å². The second kappa shape index (κ2) is 10.6. The van der Waals surface area contributed by atoms with Gasteiger partial charge in [-0.3, -0.25) is 14.9 Å². The molecule has 2 aromatic heterocycles. The molecule has 0 saturated carbocycles. The molecular formula is C23H25N5O6. The van der Waals surface area contributed by atoms with Crippen LogP contribution in [-0.4, -0.2) is 40.6 Å². The van der Waals surface area contributed by atoms with E-state index in [9.17, 15) is 14.9 Å². The highest BCUT2D eigenvalue weighted by Crippen LogP contribution is 2.33. The number of furan rings is 1. The molecule has 4 rings (SSSR count). The Morgan fingerprint density at radius 2 is 2.21 bits per heavy atom. The standard InChI is InChI=1S/C23H25N5O6/c1-2-32-20(29)7-9-27(14-18-4-3-10-33-18)23-21(28(30)31)22(25-15-26-23)24-13-16-5-6-19-17(12-16)8-11-34-19/h3-6,10,12,15H,2,7-9,11,13-14H2,1H3,(H,24,25,26). The van der Waals surface area contributed by atoms with Crippen LogP contribution in [-0.2, 0) is 29.0 Å². The Morgan fingerprint density at radius 3 is 2.97 bits per heavy atom. The number of hydrogen-bond donors (Lipinski definition) is 1. The summed E-state index contributed by atoms with van der Waals surface area (Å²) in [5.41, 5.74) is 1.79. The van der Waals surface area contributed by atoms with Crippen LogP contribution in [0.2, 0.25) is 0 Å². The molecule has 34 heavy (non-hydrogen) atoms. The molecule has 1 aromatic carbocycles. The summed E-state index contributed by atoms with van der Waals surface area (Å²) in [5.74, 6) is 1.22. The van der Waals surface area contributed by atoms with Crippen molar-refractivity contribution in [3.05, 3.63) is 69.9 Å². The van der Waals surface area contributed by atoms with Crippen molar-refractivity contribution in [3.8, 4) is 5.75 Å². The molecule has 0 spiro atoms. The lowest BCUT2D eigenvalue weighted by molar-refractivity contribution is -0.383. The summed E-state index contributed by atoms with van der Waals surface area (Å²) in [6.07, 6.45) is 3.65. The zero-order valence-corrected chi connectivity index (χ0v) is 18.7. The van der Waals surface area contributed by atoms with E-state index < -0.39 is 10.9 Å². The molecule has 1 aliphatic heterocycles. The molecule has 0 fully saturated rings. The SMILES string of the molecule is CCOC(=O)CCN(Cc1ccco1)c1ncnc(NCc2ccc3c(c2)CCO3)c1[N+](=O)[O-]. The molecule has 0 unspecified atom stereocenters. The fraction of sp³-hybridized carbons (Fsp3) is 0.348. The maximum atomic E-state index is 12.1. The van der Waals surface area contributed by atoms with Crippen molar-refractivity contribution < 1.29 is 23.6 Å². The summed E-state index contributed by atoms with van der Waals surface area (Å²) in [6.45, 7) is 3.32. The Bertz CT molecular complexity index is 1150. The zero-order chi connectivity index (χ0) is 23.9. The number of nitrogens with zero attached hydrogens (tertiary/aromatic N) is 4. The van der Waals surface area contributed by atoms with Gasteiger partial charge in [0.1, 0.15) is 17.8 Å². The number of aromatic nitrogens is 2. The van der Waals surface area contributed by atoms with Gasteiger partial charge in [-0.25, -0.2) is 9.97 Å². The fourth-order valence-electron chi connectivity index (χ4n) is 3.74. The summed E-state index contributed by atoms with van der Waals surface area (Å²) < 4.78 is 16.0. The summed E-state index contributed by atoms with van der Waals surface area (Å²) in [5, 5.41) is 15.1. The molecular weight excluding hydrogens is 442 g/mol. The third-order valence-electron chi connectivity index (χ3n) is 5.32. The second-order valence-corrected chi connectivity index (χ2v) is 7.60. The van der Waals surface area contributed by atoms with Crippen LogP contribution in [0.4, 0.5) is 17.3 Å². The van der Waals surface area contributed by atoms with Crippen molar-refractivity contribution in [2.75, 3.05) is 30.0 Å². The van der Waals surface area contributed by atoms with E-state index in [4.69, 9.17) is 13.9 Å². The smallest absolute Gasteiger partial charge is 0.353 e. The van der Waals surface area contributed by atoms with Crippen LogP contribution in [0.25, 0.3) is 0 Å². The van der Waals surface area contributed by atoms with Gasteiger partial charge in [-0.05, 0) is 36.2 Å². The van der Waals surface area contributed by atoms with Crippen molar-refractivity contribution in [1.82, 2.24) is 9.97 Å². The maximum Gasteiger partial charge on any atom is 0.353 e. The molecule has 178 valence electrons. The molecule has 1 aliphatic rings. The molecule has 0 radical (unpaired) electrons. The van der Waals surface area contributed by atoms with Gasteiger partial charge in [-0.2, -0.15) is 0 Å². The normalized spacial score (nSPS) is 12.0. The van der Waals surface area contributed by atoms with Crippen LogP contribution in [0.1, 0.15) is 30.2 Å². The summed E-state index contributed by atoms with van der Waals surface area (Å²) >= 11 is 0. The van der Waals surface area contributed by atoms with Crippen LogP contribution in [0, 0.1) is 10.1 Å². The lowest BCUT2D eigenvalue weighted by Gasteiger charge is -2.22. The molecule has 3 aromatic rings. The number of carbonyl (C=O) groups is 1. The molecule has 0 saturated heterocycles. The van der Waals surface area contributed by atoms with Gasteiger partial charge >= 0.3 is 11.7 Å². The molecule has 0 bridgehead atoms. The van der Waals surface area contributed by atoms with Crippen LogP contribution in [0.15, 0.2) is 47.3 Å². The van der Waals surface area contributed by atoms with Crippen molar-refractivity contribution in [1.29, 1.82) is 0 Å². The minimum absolute atomic E-state index is 0.0374. The number of hydrogen-bond acceptors (Lipinski definition) is 10. The zero-order valence-electron chi connectivity index (χ0n) is 18.7. The highest BCUT2D eigenvalue weighted by atomic mass is 16.6. The first-order valence-corrected chi connectivity index (χ1v) is 11.0. The van der Waals surface area contributed by atoms with E-state index in [-0.39, 0.29) is 43.4 Å². The average Bonchev–Trinajstić information content (AvgIpc) is 3.51. The number of ether oxygens (including phenoxy) is 2. The minimum atomic E-state index is -0.520. The highest BCUT2D eigenvalue weighted by molar-refractivity contribution is 5.73. The Labute approximate surface area is 195 Å².